The fourth-order valence-corrected chi connectivity index (χ4v) is 5.62. The number of anilines is 1. The average molecular weight is 525 g/mol. The minimum absolute atomic E-state index is 0.0321. The van der Waals surface area contributed by atoms with Crippen LogP contribution in [0, 0.1) is 19.7 Å². The molecule has 7 nitrogen and oxygen atoms in total. The summed E-state index contributed by atoms with van der Waals surface area (Å²) in [5.41, 5.74) is 1.49. The first-order valence-corrected chi connectivity index (χ1v) is 12.5. The fraction of sp³-hybridized carbons (Fsp3) is 0.333. The number of nitrogens with zero attached hydrogens (tertiary/aromatic N) is 3. The summed E-state index contributed by atoms with van der Waals surface area (Å²) in [6, 6.07) is 5.95. The van der Waals surface area contributed by atoms with Crippen LogP contribution in [0.25, 0.3) is 0 Å². The number of fused-ring (bicyclic) bond motifs is 1. The number of rotatable bonds is 5. The molecular weight excluding hydrogens is 500 g/mol. The van der Waals surface area contributed by atoms with E-state index in [9.17, 15) is 30.8 Å². The van der Waals surface area contributed by atoms with Crippen LogP contribution in [0.2, 0.25) is 0 Å². The summed E-state index contributed by atoms with van der Waals surface area (Å²) >= 11 is 0. The van der Waals surface area contributed by atoms with E-state index in [-0.39, 0.29) is 30.1 Å². The molecule has 12 heteroatoms. The zero-order valence-electron chi connectivity index (χ0n) is 19.8. The normalized spacial score (nSPS) is 14.5. The van der Waals surface area contributed by atoms with Gasteiger partial charge in [-0.2, -0.15) is 17.5 Å². The smallest absolute Gasteiger partial charge is 0.337 e. The standard InChI is InChI=1S/C24H24F4N4O3S/c1-14-4-6-17-12-32(36(34,35)22-13-31(3)15(2)29-22)9-8-18(17)23(14)30-21(33)11-16-5-7-19(20(25)10-16)24(26,27)28/h4-7,10,13H,8-9,11-12H2,1-3H3,(H,30,33). The lowest BCUT2D eigenvalue weighted by Gasteiger charge is -2.29. The van der Waals surface area contributed by atoms with Gasteiger partial charge in [0.15, 0.2) is 5.03 Å². The van der Waals surface area contributed by atoms with Gasteiger partial charge in [0.1, 0.15) is 11.6 Å². The SMILES string of the molecule is Cc1ccc2c(c1NC(=O)Cc1ccc(C(F)(F)F)c(F)c1)CCN(S(=O)(=O)c1cn(C)c(C)n1)C2. The zero-order chi connectivity index (χ0) is 26.4. The molecule has 0 saturated carbocycles. The van der Waals surface area contributed by atoms with E-state index in [1.54, 1.807) is 37.6 Å². The first kappa shape index (κ1) is 25.8. The second-order valence-corrected chi connectivity index (χ2v) is 10.6. The number of amides is 1. The molecular formula is C24H24F4N4O3S. The van der Waals surface area contributed by atoms with Crippen LogP contribution in [0.15, 0.2) is 41.6 Å². The van der Waals surface area contributed by atoms with Gasteiger partial charge in [-0.3, -0.25) is 4.79 Å². The Morgan fingerprint density at radius 3 is 2.50 bits per heavy atom. The highest BCUT2D eigenvalue weighted by Gasteiger charge is 2.34. The number of hydrogen-bond donors (Lipinski definition) is 1. The molecule has 0 spiro atoms. The molecule has 0 fully saturated rings. The van der Waals surface area contributed by atoms with Crippen LogP contribution in [0.1, 0.15) is 33.6 Å². The van der Waals surface area contributed by atoms with Crippen molar-refractivity contribution in [2.45, 2.75) is 44.4 Å². The van der Waals surface area contributed by atoms with E-state index in [0.717, 1.165) is 22.8 Å². The third-order valence-electron chi connectivity index (χ3n) is 6.23. The summed E-state index contributed by atoms with van der Waals surface area (Å²) < 4.78 is 81.4. The molecule has 1 aliphatic heterocycles. The summed E-state index contributed by atoms with van der Waals surface area (Å²) in [4.78, 5) is 16.8. The van der Waals surface area contributed by atoms with Crippen LogP contribution in [0.3, 0.4) is 0 Å². The van der Waals surface area contributed by atoms with Gasteiger partial charge < -0.3 is 9.88 Å². The van der Waals surface area contributed by atoms with Crippen LogP contribution >= 0.6 is 0 Å². The Balaban J connectivity index is 1.53. The van der Waals surface area contributed by atoms with Crippen molar-refractivity contribution in [3.8, 4) is 0 Å². The molecule has 2 heterocycles. The Kier molecular flexibility index (Phi) is 6.69. The molecule has 0 bridgehead atoms. The maximum absolute atomic E-state index is 13.9. The van der Waals surface area contributed by atoms with Gasteiger partial charge in [0, 0.05) is 32.0 Å². The van der Waals surface area contributed by atoms with Gasteiger partial charge in [-0.05, 0) is 54.7 Å². The van der Waals surface area contributed by atoms with Gasteiger partial charge >= 0.3 is 6.18 Å². The molecule has 1 aliphatic rings. The van der Waals surface area contributed by atoms with E-state index in [4.69, 9.17) is 0 Å². The van der Waals surface area contributed by atoms with Crippen LogP contribution in [0.5, 0.6) is 0 Å². The highest BCUT2D eigenvalue weighted by Crippen LogP contribution is 2.33. The maximum Gasteiger partial charge on any atom is 0.419 e. The van der Waals surface area contributed by atoms with Crippen molar-refractivity contribution in [3.05, 3.63) is 76.0 Å². The molecule has 192 valence electrons. The summed E-state index contributed by atoms with van der Waals surface area (Å²) in [7, 11) is -2.10. The van der Waals surface area contributed by atoms with E-state index < -0.39 is 33.5 Å². The van der Waals surface area contributed by atoms with Crippen molar-refractivity contribution in [2.24, 2.45) is 7.05 Å². The van der Waals surface area contributed by atoms with Gasteiger partial charge in [0.05, 0.1) is 12.0 Å². The van der Waals surface area contributed by atoms with Crippen molar-refractivity contribution in [2.75, 3.05) is 11.9 Å². The second kappa shape index (κ2) is 9.32. The highest BCUT2D eigenvalue weighted by molar-refractivity contribution is 7.89. The number of imidazole rings is 1. The predicted octanol–water partition coefficient (Wildman–Crippen LogP) is 4.12. The molecule has 0 unspecified atom stereocenters. The summed E-state index contributed by atoms with van der Waals surface area (Å²) in [6.07, 6.45) is -3.34. The van der Waals surface area contributed by atoms with Crippen LogP contribution in [0.4, 0.5) is 23.2 Å². The number of alkyl halides is 3. The molecule has 36 heavy (non-hydrogen) atoms. The average Bonchev–Trinajstić information content (AvgIpc) is 3.13. The predicted molar refractivity (Wildman–Crippen MR) is 124 cm³/mol. The number of benzene rings is 2. The lowest BCUT2D eigenvalue weighted by molar-refractivity contribution is -0.140. The van der Waals surface area contributed by atoms with E-state index in [2.05, 4.69) is 10.3 Å². The Bertz CT molecular complexity index is 1430. The number of halogens is 4. The van der Waals surface area contributed by atoms with Crippen LogP contribution in [-0.4, -0.2) is 34.7 Å². The Morgan fingerprint density at radius 1 is 1.17 bits per heavy atom. The molecule has 4 rings (SSSR count). The van der Waals surface area contributed by atoms with E-state index in [1.165, 1.54) is 10.5 Å². The highest BCUT2D eigenvalue weighted by atomic mass is 32.2. The quantitative estimate of drug-likeness (QED) is 0.509. The second-order valence-electron chi connectivity index (χ2n) is 8.76. The Morgan fingerprint density at radius 2 is 1.89 bits per heavy atom. The number of carbonyl (C=O) groups is 1. The minimum Gasteiger partial charge on any atom is -0.337 e. The minimum atomic E-state index is -4.82. The molecule has 0 radical (unpaired) electrons. The van der Waals surface area contributed by atoms with Crippen molar-refractivity contribution in [1.29, 1.82) is 0 Å². The number of aryl methyl sites for hydroxylation is 3. The first-order valence-electron chi connectivity index (χ1n) is 11.0. The van der Waals surface area contributed by atoms with E-state index in [0.29, 0.717) is 30.1 Å². The molecule has 0 atom stereocenters. The third kappa shape index (κ3) is 5.00. The number of hydrogen-bond acceptors (Lipinski definition) is 4. The Labute approximate surface area is 205 Å². The summed E-state index contributed by atoms with van der Waals surface area (Å²) in [5, 5.41) is 2.75. The van der Waals surface area contributed by atoms with Crippen molar-refractivity contribution >= 4 is 21.6 Å². The van der Waals surface area contributed by atoms with Crippen molar-refractivity contribution < 1.29 is 30.8 Å². The monoisotopic (exact) mass is 524 g/mol. The molecule has 0 saturated heterocycles. The first-order chi connectivity index (χ1) is 16.8. The fourth-order valence-electron chi connectivity index (χ4n) is 4.18. The van der Waals surface area contributed by atoms with Gasteiger partial charge in [-0.1, -0.05) is 18.2 Å². The van der Waals surface area contributed by atoms with Crippen molar-refractivity contribution in [1.82, 2.24) is 13.9 Å². The number of aromatic nitrogens is 2. The number of carbonyl (C=O) groups excluding carboxylic acids is 1. The molecule has 1 aromatic heterocycles. The Hall–Kier alpha value is -3.25. The van der Waals surface area contributed by atoms with Crippen molar-refractivity contribution in [3.63, 3.8) is 0 Å². The summed E-state index contributed by atoms with van der Waals surface area (Å²) in [5.74, 6) is -1.39. The van der Waals surface area contributed by atoms with Gasteiger partial charge in [0.2, 0.25) is 5.91 Å². The molecule has 1 amide bonds. The van der Waals surface area contributed by atoms with Gasteiger partial charge in [-0.15, -0.1) is 0 Å². The molecule has 0 aliphatic carbocycles. The third-order valence-corrected chi connectivity index (χ3v) is 7.95. The van der Waals surface area contributed by atoms with Crippen LogP contribution in [-0.2, 0) is 47.4 Å². The number of nitrogens with one attached hydrogen (secondary N) is 1. The number of sulfonamides is 1. The lowest BCUT2D eigenvalue weighted by atomic mass is 9.95. The van der Waals surface area contributed by atoms with Crippen LogP contribution < -0.4 is 5.32 Å². The molecule has 1 N–H and O–H groups in total. The largest absolute Gasteiger partial charge is 0.419 e. The summed E-state index contributed by atoms with van der Waals surface area (Å²) in [6.45, 7) is 3.77. The van der Waals surface area contributed by atoms with E-state index >= 15 is 0 Å². The van der Waals surface area contributed by atoms with Gasteiger partial charge in [0.25, 0.3) is 10.0 Å². The topological polar surface area (TPSA) is 84.3 Å². The lowest BCUT2D eigenvalue weighted by Crippen LogP contribution is -2.36. The molecule has 2 aromatic carbocycles. The van der Waals surface area contributed by atoms with Gasteiger partial charge in [-0.25, -0.2) is 17.8 Å². The van der Waals surface area contributed by atoms with E-state index in [1.807, 2.05) is 0 Å². The maximum atomic E-state index is 13.9. The molecule has 3 aromatic rings. The zero-order valence-corrected chi connectivity index (χ0v) is 20.6.